The van der Waals surface area contributed by atoms with Gasteiger partial charge in [0.25, 0.3) is 6.54 Å². The average Bonchev–Trinajstić information content (AvgIpc) is 2.04. The Kier molecular flexibility index (Phi) is 3.18. The molecule has 0 bridgehead atoms. The molecule has 1 heterocycles. The van der Waals surface area contributed by atoms with Crippen molar-refractivity contribution in [3.05, 3.63) is 10.1 Å². The van der Waals surface area contributed by atoms with Crippen LogP contribution in [0.4, 0.5) is 0 Å². The molecule has 0 unspecified atom stereocenters. The fraction of sp³-hybridized carbons (Fsp3) is 0.857. The van der Waals surface area contributed by atoms with Crippen LogP contribution in [0.3, 0.4) is 0 Å². The average molecular weight is 186 g/mol. The molecule has 74 valence electrons. The number of rotatable bonds is 2. The Morgan fingerprint density at radius 2 is 2.00 bits per heavy atom. The molecule has 1 rings (SSSR count). The van der Waals surface area contributed by atoms with E-state index in [-0.39, 0.29) is 12.4 Å². The van der Waals surface area contributed by atoms with Crippen LogP contribution in [0.5, 0.6) is 0 Å². The molecule has 1 saturated heterocycles. The first-order chi connectivity index (χ1) is 6.09. The molecule has 0 aromatic carbocycles. The lowest BCUT2D eigenvalue weighted by atomic mass is 10.3. The van der Waals surface area contributed by atoms with Gasteiger partial charge in [-0.25, -0.2) is 0 Å². The van der Waals surface area contributed by atoms with E-state index in [0.717, 1.165) is 26.2 Å². The number of amidine groups is 1. The van der Waals surface area contributed by atoms with Crippen LogP contribution in [0.2, 0.25) is 0 Å². The van der Waals surface area contributed by atoms with E-state index in [1.165, 1.54) is 0 Å². The summed E-state index contributed by atoms with van der Waals surface area (Å²) in [6.07, 6.45) is 0. The highest BCUT2D eigenvalue weighted by atomic mass is 16.6. The van der Waals surface area contributed by atoms with Crippen LogP contribution in [0.1, 0.15) is 0 Å². The topological polar surface area (TPSA) is 73.5 Å². The molecular weight excluding hydrogens is 172 g/mol. The van der Waals surface area contributed by atoms with Crippen LogP contribution in [0.15, 0.2) is 0 Å². The van der Waals surface area contributed by atoms with Crippen molar-refractivity contribution < 1.29 is 4.92 Å². The second-order valence-corrected chi connectivity index (χ2v) is 3.23. The summed E-state index contributed by atoms with van der Waals surface area (Å²) in [7, 11) is 2.01. The van der Waals surface area contributed by atoms with E-state index < -0.39 is 4.92 Å². The van der Waals surface area contributed by atoms with Gasteiger partial charge < -0.3 is 9.80 Å². The van der Waals surface area contributed by atoms with E-state index in [2.05, 4.69) is 4.90 Å². The molecular formula is C7H14N4O2. The highest BCUT2D eigenvalue weighted by Gasteiger charge is 2.19. The highest BCUT2D eigenvalue weighted by Crippen LogP contribution is 1.99. The fourth-order valence-electron chi connectivity index (χ4n) is 1.30. The smallest absolute Gasteiger partial charge is 0.259 e. The molecule has 1 aliphatic heterocycles. The first kappa shape index (κ1) is 9.91. The number of nitro groups is 1. The summed E-state index contributed by atoms with van der Waals surface area (Å²) in [5, 5.41) is 17.6. The van der Waals surface area contributed by atoms with Crippen LogP contribution in [0, 0.1) is 15.5 Å². The molecule has 0 saturated carbocycles. The van der Waals surface area contributed by atoms with Gasteiger partial charge in [-0.15, -0.1) is 0 Å². The SMILES string of the molecule is CN1CCN(C(=N)C[N+](=O)[O-])CC1. The van der Waals surface area contributed by atoms with Gasteiger partial charge in [0.2, 0.25) is 0 Å². The Morgan fingerprint density at radius 3 is 2.46 bits per heavy atom. The Labute approximate surface area is 76.8 Å². The number of nitrogens with one attached hydrogen (secondary N) is 1. The molecule has 0 radical (unpaired) electrons. The summed E-state index contributed by atoms with van der Waals surface area (Å²) in [4.78, 5) is 13.6. The molecule has 0 aromatic rings. The minimum Gasteiger partial charge on any atom is -0.352 e. The summed E-state index contributed by atoms with van der Waals surface area (Å²) < 4.78 is 0. The van der Waals surface area contributed by atoms with E-state index in [4.69, 9.17) is 5.41 Å². The highest BCUT2D eigenvalue weighted by molar-refractivity contribution is 5.80. The van der Waals surface area contributed by atoms with E-state index in [1.807, 2.05) is 7.05 Å². The van der Waals surface area contributed by atoms with E-state index in [9.17, 15) is 10.1 Å². The van der Waals surface area contributed by atoms with Gasteiger partial charge in [-0.1, -0.05) is 0 Å². The Morgan fingerprint density at radius 1 is 1.46 bits per heavy atom. The van der Waals surface area contributed by atoms with Crippen LogP contribution in [-0.4, -0.2) is 60.3 Å². The number of piperazine rings is 1. The molecule has 1 fully saturated rings. The van der Waals surface area contributed by atoms with Gasteiger partial charge in [0.15, 0.2) is 5.84 Å². The molecule has 0 amide bonds. The molecule has 6 heteroatoms. The minimum atomic E-state index is -0.458. The predicted octanol–water partition coefficient (Wildman–Crippen LogP) is -0.512. The quantitative estimate of drug-likeness (QED) is 0.273. The maximum absolute atomic E-state index is 10.1. The predicted molar refractivity (Wildman–Crippen MR) is 48.7 cm³/mol. The van der Waals surface area contributed by atoms with Crippen LogP contribution >= 0.6 is 0 Å². The Bertz CT molecular complexity index is 211. The fourth-order valence-corrected chi connectivity index (χ4v) is 1.30. The molecule has 13 heavy (non-hydrogen) atoms. The van der Waals surface area contributed by atoms with Gasteiger partial charge in [-0.3, -0.25) is 15.5 Å². The monoisotopic (exact) mass is 186 g/mol. The van der Waals surface area contributed by atoms with Crippen LogP contribution in [0.25, 0.3) is 0 Å². The third kappa shape index (κ3) is 2.98. The van der Waals surface area contributed by atoms with E-state index in [1.54, 1.807) is 4.90 Å². The van der Waals surface area contributed by atoms with Crippen molar-refractivity contribution in [1.29, 1.82) is 5.41 Å². The summed E-state index contributed by atoms with van der Waals surface area (Å²) in [5.74, 6) is 0.123. The number of likely N-dealkylation sites (N-methyl/N-ethyl adjacent to an activating group) is 1. The zero-order valence-electron chi connectivity index (χ0n) is 7.69. The van der Waals surface area contributed by atoms with Gasteiger partial charge in [0, 0.05) is 31.1 Å². The van der Waals surface area contributed by atoms with Crippen LogP contribution < -0.4 is 0 Å². The first-order valence-corrected chi connectivity index (χ1v) is 4.22. The summed E-state index contributed by atoms with van der Waals surface area (Å²) in [6.45, 7) is 2.84. The zero-order valence-corrected chi connectivity index (χ0v) is 7.69. The second kappa shape index (κ2) is 4.18. The Hall–Kier alpha value is -1.17. The van der Waals surface area contributed by atoms with Crippen molar-refractivity contribution in [2.75, 3.05) is 39.8 Å². The van der Waals surface area contributed by atoms with Gasteiger partial charge in [0.1, 0.15) is 0 Å². The van der Waals surface area contributed by atoms with Crippen molar-refractivity contribution in [3.8, 4) is 0 Å². The third-order valence-corrected chi connectivity index (χ3v) is 2.16. The lowest BCUT2D eigenvalue weighted by Gasteiger charge is -2.32. The van der Waals surface area contributed by atoms with E-state index in [0.29, 0.717) is 0 Å². The van der Waals surface area contributed by atoms with Crippen molar-refractivity contribution in [1.82, 2.24) is 9.80 Å². The van der Waals surface area contributed by atoms with Gasteiger partial charge >= 0.3 is 0 Å². The lowest BCUT2D eigenvalue weighted by Crippen LogP contribution is -2.48. The van der Waals surface area contributed by atoms with Crippen LogP contribution in [-0.2, 0) is 0 Å². The minimum absolute atomic E-state index is 0.123. The molecule has 0 aliphatic carbocycles. The standard InChI is InChI=1S/C7H14N4O2/c1-9-2-4-10(5-3-9)7(8)6-11(12)13/h8H,2-6H2,1H3. The van der Waals surface area contributed by atoms with Crippen molar-refractivity contribution in [2.45, 2.75) is 0 Å². The van der Waals surface area contributed by atoms with Crippen molar-refractivity contribution in [3.63, 3.8) is 0 Å². The van der Waals surface area contributed by atoms with Gasteiger partial charge in [0.05, 0.1) is 0 Å². The summed E-state index contributed by atoms with van der Waals surface area (Å²) >= 11 is 0. The summed E-state index contributed by atoms with van der Waals surface area (Å²) in [6, 6.07) is 0. The maximum Gasteiger partial charge on any atom is 0.259 e. The second-order valence-electron chi connectivity index (χ2n) is 3.23. The number of hydrogen-bond donors (Lipinski definition) is 1. The number of hydrogen-bond acceptors (Lipinski definition) is 4. The molecule has 6 nitrogen and oxygen atoms in total. The molecule has 1 N–H and O–H groups in total. The Balaban J connectivity index is 2.36. The molecule has 0 atom stereocenters. The van der Waals surface area contributed by atoms with Crippen molar-refractivity contribution >= 4 is 5.84 Å². The maximum atomic E-state index is 10.1. The van der Waals surface area contributed by atoms with Gasteiger partial charge in [-0.2, -0.15) is 0 Å². The number of nitrogens with zero attached hydrogens (tertiary/aromatic N) is 3. The third-order valence-electron chi connectivity index (χ3n) is 2.16. The molecule has 1 aliphatic rings. The molecule has 0 aromatic heterocycles. The largest absolute Gasteiger partial charge is 0.352 e. The normalized spacial score (nSPS) is 18.7. The summed E-state index contributed by atoms with van der Waals surface area (Å²) in [5.41, 5.74) is 0. The lowest BCUT2D eigenvalue weighted by molar-refractivity contribution is -0.464. The zero-order chi connectivity index (χ0) is 9.84. The first-order valence-electron chi connectivity index (χ1n) is 4.22. The van der Waals surface area contributed by atoms with Crippen molar-refractivity contribution in [2.24, 2.45) is 0 Å². The van der Waals surface area contributed by atoms with Gasteiger partial charge in [-0.05, 0) is 7.05 Å². The molecule has 0 spiro atoms. The van der Waals surface area contributed by atoms with E-state index >= 15 is 0 Å².